The van der Waals surface area contributed by atoms with Crippen molar-refractivity contribution in [2.24, 2.45) is 0 Å². The first kappa shape index (κ1) is 22.7. The smallest absolute Gasteiger partial charge is 0.244 e. The Morgan fingerprint density at radius 2 is 1.92 bits per heavy atom. The van der Waals surface area contributed by atoms with Crippen LogP contribution in [0.25, 0.3) is 0 Å². The molecular formula is C14H23ClFN3O4S. The number of benzene rings is 1. The van der Waals surface area contributed by atoms with Crippen LogP contribution in [0, 0.1) is 5.82 Å². The molecule has 138 valence electrons. The summed E-state index contributed by atoms with van der Waals surface area (Å²) in [6.07, 6.45) is 0. The summed E-state index contributed by atoms with van der Waals surface area (Å²) in [4.78, 5) is 11.4. The minimum Gasteiger partial charge on any atom is -0.383 e. The molecule has 0 saturated carbocycles. The van der Waals surface area contributed by atoms with Crippen LogP contribution < -0.4 is 15.4 Å². The fourth-order valence-electron chi connectivity index (χ4n) is 1.74. The second kappa shape index (κ2) is 11.3. The monoisotopic (exact) mass is 383 g/mol. The molecule has 24 heavy (non-hydrogen) atoms. The second-order valence-corrected chi connectivity index (χ2v) is 6.49. The Bertz CT molecular complexity index is 616. The standard InChI is InChI=1S/C14H22FN3O4S.ClH/c1-11(14(19)17-8-7-16-9-10-22-2)18-23(20,21)13-6-4-3-5-12(13)15;/h3-6,11,16,18H,7-10H2,1-2H3,(H,17,19);1H. The van der Waals surface area contributed by atoms with E-state index in [-0.39, 0.29) is 12.4 Å². The highest BCUT2D eigenvalue weighted by molar-refractivity contribution is 7.89. The maximum Gasteiger partial charge on any atom is 0.244 e. The molecule has 1 aromatic carbocycles. The van der Waals surface area contributed by atoms with Crippen molar-refractivity contribution >= 4 is 28.3 Å². The van der Waals surface area contributed by atoms with Crippen LogP contribution in [0.15, 0.2) is 29.2 Å². The Morgan fingerprint density at radius 3 is 2.54 bits per heavy atom. The lowest BCUT2D eigenvalue weighted by atomic mass is 10.3. The van der Waals surface area contributed by atoms with Crippen LogP contribution in [0.3, 0.4) is 0 Å². The van der Waals surface area contributed by atoms with E-state index < -0.39 is 32.7 Å². The van der Waals surface area contributed by atoms with Crippen LogP contribution in [0.4, 0.5) is 4.39 Å². The zero-order valence-electron chi connectivity index (χ0n) is 13.5. The van der Waals surface area contributed by atoms with Crippen molar-refractivity contribution in [3.63, 3.8) is 0 Å². The third-order valence-corrected chi connectivity index (χ3v) is 4.51. The highest BCUT2D eigenvalue weighted by Crippen LogP contribution is 2.13. The summed E-state index contributed by atoms with van der Waals surface area (Å²) in [6, 6.07) is 3.97. The van der Waals surface area contributed by atoms with Crippen LogP contribution in [-0.4, -0.2) is 53.7 Å². The molecule has 0 heterocycles. The van der Waals surface area contributed by atoms with E-state index in [9.17, 15) is 17.6 Å². The molecule has 0 radical (unpaired) electrons. The number of nitrogens with one attached hydrogen (secondary N) is 3. The Balaban J connectivity index is 0.00000529. The molecule has 1 amide bonds. The van der Waals surface area contributed by atoms with Gasteiger partial charge in [-0.15, -0.1) is 12.4 Å². The first-order valence-electron chi connectivity index (χ1n) is 7.12. The van der Waals surface area contributed by atoms with Gasteiger partial charge in [-0.3, -0.25) is 4.79 Å². The topological polar surface area (TPSA) is 96.5 Å². The quantitative estimate of drug-likeness (QED) is 0.504. The summed E-state index contributed by atoms with van der Waals surface area (Å²) in [5.41, 5.74) is 0. The van der Waals surface area contributed by atoms with Gasteiger partial charge in [-0.25, -0.2) is 12.8 Å². The number of methoxy groups -OCH3 is 1. The van der Waals surface area contributed by atoms with Crippen molar-refractivity contribution in [3.8, 4) is 0 Å². The van der Waals surface area contributed by atoms with Crippen molar-refractivity contribution in [1.82, 2.24) is 15.4 Å². The first-order valence-corrected chi connectivity index (χ1v) is 8.61. The van der Waals surface area contributed by atoms with Crippen molar-refractivity contribution < 1.29 is 22.3 Å². The number of halogens is 2. The van der Waals surface area contributed by atoms with Crippen LogP contribution in [0.2, 0.25) is 0 Å². The molecule has 0 aliphatic rings. The van der Waals surface area contributed by atoms with Crippen LogP contribution in [-0.2, 0) is 19.6 Å². The predicted molar refractivity (Wildman–Crippen MR) is 91.2 cm³/mol. The number of sulfonamides is 1. The van der Waals surface area contributed by atoms with Gasteiger partial charge in [0.25, 0.3) is 0 Å². The lowest BCUT2D eigenvalue weighted by Gasteiger charge is -2.15. The lowest BCUT2D eigenvalue weighted by Crippen LogP contribution is -2.46. The molecule has 1 atom stereocenters. The van der Waals surface area contributed by atoms with Crippen LogP contribution in [0.5, 0.6) is 0 Å². The summed E-state index contributed by atoms with van der Waals surface area (Å²) >= 11 is 0. The predicted octanol–water partition coefficient (Wildman–Crippen LogP) is 0.267. The maximum atomic E-state index is 13.5. The lowest BCUT2D eigenvalue weighted by molar-refractivity contribution is -0.122. The van der Waals surface area contributed by atoms with Gasteiger partial charge in [0.2, 0.25) is 15.9 Å². The summed E-state index contributed by atoms with van der Waals surface area (Å²) in [5, 5.41) is 5.62. The van der Waals surface area contributed by atoms with Crippen molar-refractivity contribution in [3.05, 3.63) is 30.1 Å². The molecule has 0 aliphatic carbocycles. The second-order valence-electron chi connectivity index (χ2n) is 4.81. The number of hydrogen-bond donors (Lipinski definition) is 3. The SMILES string of the molecule is COCCNCCNC(=O)C(C)NS(=O)(=O)c1ccccc1F.Cl. The minimum absolute atomic E-state index is 0. The Kier molecular flexibility index (Phi) is 10.7. The fraction of sp³-hybridized carbons (Fsp3) is 0.500. The zero-order valence-corrected chi connectivity index (χ0v) is 15.2. The van der Waals surface area contributed by atoms with Gasteiger partial charge < -0.3 is 15.4 Å². The summed E-state index contributed by atoms with van der Waals surface area (Å²) in [6.45, 7) is 3.48. The van der Waals surface area contributed by atoms with Gasteiger partial charge in [0.1, 0.15) is 10.7 Å². The van der Waals surface area contributed by atoms with Gasteiger partial charge in [0, 0.05) is 26.7 Å². The molecule has 1 unspecified atom stereocenters. The number of amides is 1. The highest BCUT2D eigenvalue weighted by atomic mass is 35.5. The van der Waals surface area contributed by atoms with Crippen molar-refractivity contribution in [1.29, 1.82) is 0 Å². The molecule has 0 aliphatic heterocycles. The van der Waals surface area contributed by atoms with Gasteiger partial charge in [0.15, 0.2) is 0 Å². The van der Waals surface area contributed by atoms with E-state index in [0.29, 0.717) is 26.2 Å². The van der Waals surface area contributed by atoms with E-state index in [0.717, 1.165) is 12.1 Å². The third-order valence-electron chi connectivity index (χ3n) is 2.94. The van der Waals surface area contributed by atoms with Gasteiger partial charge in [-0.2, -0.15) is 4.72 Å². The molecule has 0 spiro atoms. The molecule has 0 bridgehead atoms. The molecule has 7 nitrogen and oxygen atoms in total. The van der Waals surface area contributed by atoms with Gasteiger partial charge >= 0.3 is 0 Å². The van der Waals surface area contributed by atoms with Crippen molar-refractivity contribution in [2.45, 2.75) is 17.9 Å². The highest BCUT2D eigenvalue weighted by Gasteiger charge is 2.24. The van der Waals surface area contributed by atoms with E-state index in [1.807, 2.05) is 0 Å². The largest absolute Gasteiger partial charge is 0.383 e. The average molecular weight is 384 g/mol. The van der Waals surface area contributed by atoms with E-state index in [1.54, 1.807) is 7.11 Å². The summed E-state index contributed by atoms with van der Waals surface area (Å²) in [7, 11) is -2.51. The normalized spacial score (nSPS) is 12.3. The minimum atomic E-state index is -4.10. The molecule has 0 aromatic heterocycles. The molecule has 1 rings (SSSR count). The Hall–Kier alpha value is -1.26. The number of hydrogen-bond acceptors (Lipinski definition) is 5. The van der Waals surface area contributed by atoms with Crippen molar-refractivity contribution in [2.75, 3.05) is 33.4 Å². The maximum absolute atomic E-state index is 13.5. The van der Waals surface area contributed by atoms with Gasteiger partial charge in [-0.05, 0) is 19.1 Å². The van der Waals surface area contributed by atoms with Gasteiger partial charge in [-0.1, -0.05) is 12.1 Å². The van der Waals surface area contributed by atoms with Crippen LogP contribution >= 0.6 is 12.4 Å². The number of ether oxygens (including phenoxy) is 1. The third kappa shape index (κ3) is 7.54. The number of carbonyl (C=O) groups is 1. The van der Waals surface area contributed by atoms with E-state index in [2.05, 4.69) is 15.4 Å². The van der Waals surface area contributed by atoms with Gasteiger partial charge in [0.05, 0.1) is 12.6 Å². The Morgan fingerprint density at radius 1 is 1.25 bits per heavy atom. The molecular weight excluding hydrogens is 361 g/mol. The number of rotatable bonds is 10. The van der Waals surface area contributed by atoms with E-state index >= 15 is 0 Å². The van der Waals surface area contributed by atoms with E-state index in [4.69, 9.17) is 4.74 Å². The van der Waals surface area contributed by atoms with E-state index in [1.165, 1.54) is 19.1 Å². The molecule has 0 fully saturated rings. The molecule has 1 aromatic rings. The number of carbonyl (C=O) groups excluding carboxylic acids is 1. The Labute approximate surface area is 147 Å². The molecule has 3 N–H and O–H groups in total. The first-order chi connectivity index (χ1) is 10.9. The average Bonchev–Trinajstić information content (AvgIpc) is 2.50. The van der Waals surface area contributed by atoms with Crippen LogP contribution in [0.1, 0.15) is 6.92 Å². The molecule has 0 saturated heterocycles. The summed E-state index contributed by atoms with van der Waals surface area (Å²) < 4.78 is 44.7. The fourth-order valence-corrected chi connectivity index (χ4v) is 3.02. The summed E-state index contributed by atoms with van der Waals surface area (Å²) in [5.74, 6) is -1.35. The zero-order chi connectivity index (χ0) is 17.3. The molecule has 10 heteroatoms.